The van der Waals surface area contributed by atoms with Crippen LogP contribution in [-0.4, -0.2) is 22.1 Å². The minimum atomic E-state index is 0.00843. The molecule has 0 unspecified atom stereocenters. The molecule has 86 valence electrons. The lowest BCUT2D eigenvalue weighted by molar-refractivity contribution is 0.0945. The molecule has 1 aromatic rings. The molecule has 3 rings (SSSR count). The van der Waals surface area contributed by atoms with Crippen LogP contribution in [0.3, 0.4) is 0 Å². The summed E-state index contributed by atoms with van der Waals surface area (Å²) in [6, 6.07) is 0.404. The van der Waals surface area contributed by atoms with Crippen molar-refractivity contribution < 1.29 is 4.79 Å². The van der Waals surface area contributed by atoms with Gasteiger partial charge in [-0.2, -0.15) is 5.10 Å². The van der Waals surface area contributed by atoms with Crippen molar-refractivity contribution >= 4 is 5.91 Å². The molecule has 2 aliphatic rings. The van der Waals surface area contributed by atoms with E-state index in [-0.39, 0.29) is 5.91 Å². The quantitative estimate of drug-likeness (QED) is 0.790. The van der Waals surface area contributed by atoms with Crippen LogP contribution in [0.15, 0.2) is 0 Å². The first kappa shape index (κ1) is 9.87. The number of aromatic nitrogens is 2. The van der Waals surface area contributed by atoms with Gasteiger partial charge in [0.05, 0.1) is 0 Å². The summed E-state index contributed by atoms with van der Waals surface area (Å²) in [7, 11) is 0. The summed E-state index contributed by atoms with van der Waals surface area (Å²) in [5, 5.41) is 10.2. The van der Waals surface area contributed by atoms with Crippen LogP contribution in [-0.2, 0) is 12.8 Å². The SMILES string of the molecule is C[C@@H]1CCc2[nH]nc(C(=O)NC3CC3)c2C1. The number of amides is 1. The smallest absolute Gasteiger partial charge is 0.272 e. The number of carbonyl (C=O) groups is 1. The van der Waals surface area contributed by atoms with Gasteiger partial charge in [-0.05, 0) is 38.0 Å². The van der Waals surface area contributed by atoms with Crippen LogP contribution < -0.4 is 5.32 Å². The van der Waals surface area contributed by atoms with Gasteiger partial charge in [0.25, 0.3) is 5.91 Å². The highest BCUT2D eigenvalue weighted by Gasteiger charge is 2.28. The van der Waals surface area contributed by atoms with E-state index >= 15 is 0 Å². The van der Waals surface area contributed by atoms with Crippen LogP contribution in [0.4, 0.5) is 0 Å². The summed E-state index contributed by atoms with van der Waals surface area (Å²) in [5.41, 5.74) is 2.95. The highest BCUT2D eigenvalue weighted by Crippen LogP contribution is 2.27. The van der Waals surface area contributed by atoms with Crippen LogP contribution in [0.25, 0.3) is 0 Å². The Morgan fingerprint density at radius 3 is 3.00 bits per heavy atom. The Labute approximate surface area is 94.8 Å². The molecule has 2 N–H and O–H groups in total. The van der Waals surface area contributed by atoms with E-state index in [4.69, 9.17) is 0 Å². The number of aryl methyl sites for hydroxylation is 1. The van der Waals surface area contributed by atoms with Crippen molar-refractivity contribution in [1.29, 1.82) is 0 Å². The molecule has 1 atom stereocenters. The minimum absolute atomic E-state index is 0.00843. The standard InChI is InChI=1S/C12H17N3O/c1-7-2-5-10-9(6-7)11(15-14-10)12(16)13-8-3-4-8/h7-8H,2-6H2,1H3,(H,13,16)(H,14,15)/t7-/m1/s1. The highest BCUT2D eigenvalue weighted by atomic mass is 16.2. The predicted molar refractivity (Wildman–Crippen MR) is 60.3 cm³/mol. The molecule has 0 bridgehead atoms. The van der Waals surface area contributed by atoms with Gasteiger partial charge >= 0.3 is 0 Å². The van der Waals surface area contributed by atoms with Crippen molar-refractivity contribution in [2.75, 3.05) is 0 Å². The molecule has 0 aliphatic heterocycles. The number of H-pyrrole nitrogens is 1. The van der Waals surface area contributed by atoms with Gasteiger partial charge in [-0.15, -0.1) is 0 Å². The number of hydrogen-bond donors (Lipinski definition) is 2. The fourth-order valence-corrected chi connectivity index (χ4v) is 2.34. The number of carbonyl (C=O) groups excluding carboxylic acids is 1. The summed E-state index contributed by atoms with van der Waals surface area (Å²) in [4.78, 5) is 11.9. The number of aromatic amines is 1. The summed E-state index contributed by atoms with van der Waals surface area (Å²) in [6.45, 7) is 2.23. The molecule has 1 amide bonds. The van der Waals surface area contributed by atoms with Crippen molar-refractivity contribution in [2.45, 2.75) is 45.1 Å². The Balaban J connectivity index is 1.83. The third-order valence-electron chi connectivity index (χ3n) is 3.52. The first-order valence-corrected chi connectivity index (χ1v) is 6.11. The van der Waals surface area contributed by atoms with E-state index < -0.39 is 0 Å². The maximum Gasteiger partial charge on any atom is 0.272 e. The Morgan fingerprint density at radius 1 is 1.44 bits per heavy atom. The highest BCUT2D eigenvalue weighted by molar-refractivity contribution is 5.94. The van der Waals surface area contributed by atoms with Gasteiger partial charge in [0, 0.05) is 17.3 Å². The molecule has 1 heterocycles. The van der Waals surface area contributed by atoms with Gasteiger partial charge in [0.1, 0.15) is 0 Å². The Morgan fingerprint density at radius 2 is 2.25 bits per heavy atom. The van der Waals surface area contributed by atoms with Gasteiger partial charge in [-0.1, -0.05) is 6.92 Å². The molecule has 0 radical (unpaired) electrons. The molecule has 4 heteroatoms. The average Bonchev–Trinajstić information content (AvgIpc) is 2.96. The molecular formula is C12H17N3O. The molecule has 0 saturated heterocycles. The minimum Gasteiger partial charge on any atom is -0.348 e. The van der Waals surface area contributed by atoms with E-state index in [0.717, 1.165) is 31.2 Å². The first-order valence-electron chi connectivity index (χ1n) is 6.11. The third kappa shape index (κ3) is 1.72. The van der Waals surface area contributed by atoms with Crippen LogP contribution in [0.2, 0.25) is 0 Å². The number of nitrogens with one attached hydrogen (secondary N) is 2. The summed E-state index contributed by atoms with van der Waals surface area (Å²) < 4.78 is 0. The summed E-state index contributed by atoms with van der Waals surface area (Å²) >= 11 is 0. The first-order chi connectivity index (χ1) is 7.74. The predicted octanol–water partition coefficient (Wildman–Crippen LogP) is 1.43. The zero-order valence-electron chi connectivity index (χ0n) is 9.55. The maximum absolute atomic E-state index is 11.9. The van der Waals surface area contributed by atoms with Crippen molar-refractivity contribution in [3.63, 3.8) is 0 Å². The topological polar surface area (TPSA) is 57.8 Å². The van der Waals surface area contributed by atoms with Gasteiger partial charge in [-0.25, -0.2) is 0 Å². The molecule has 16 heavy (non-hydrogen) atoms. The molecule has 2 aliphatic carbocycles. The lowest BCUT2D eigenvalue weighted by Gasteiger charge is -2.17. The zero-order chi connectivity index (χ0) is 11.1. The second-order valence-electron chi connectivity index (χ2n) is 5.13. The number of nitrogens with zero attached hydrogens (tertiary/aromatic N) is 1. The Hall–Kier alpha value is -1.32. The number of fused-ring (bicyclic) bond motifs is 1. The van der Waals surface area contributed by atoms with Crippen LogP contribution in [0, 0.1) is 5.92 Å². The van der Waals surface area contributed by atoms with Gasteiger partial charge in [-0.3, -0.25) is 9.89 Å². The van der Waals surface area contributed by atoms with Crippen molar-refractivity contribution in [2.24, 2.45) is 5.92 Å². The normalized spacial score (nSPS) is 23.9. The van der Waals surface area contributed by atoms with E-state index in [1.54, 1.807) is 0 Å². The lowest BCUT2D eigenvalue weighted by Crippen LogP contribution is -2.27. The summed E-state index contributed by atoms with van der Waals surface area (Å²) in [5.74, 6) is 0.673. The van der Waals surface area contributed by atoms with E-state index in [1.807, 2.05) is 0 Å². The monoisotopic (exact) mass is 219 g/mol. The third-order valence-corrected chi connectivity index (χ3v) is 3.52. The van der Waals surface area contributed by atoms with Crippen LogP contribution >= 0.6 is 0 Å². The Kier molecular flexibility index (Phi) is 2.23. The molecule has 1 aromatic heterocycles. The maximum atomic E-state index is 11.9. The fourth-order valence-electron chi connectivity index (χ4n) is 2.34. The van der Waals surface area contributed by atoms with E-state index in [9.17, 15) is 4.79 Å². The van der Waals surface area contributed by atoms with Gasteiger partial charge in [0.15, 0.2) is 5.69 Å². The molecule has 4 nitrogen and oxygen atoms in total. The Bertz CT molecular complexity index is 420. The van der Waals surface area contributed by atoms with Crippen LogP contribution in [0.5, 0.6) is 0 Å². The van der Waals surface area contributed by atoms with Crippen molar-refractivity contribution in [1.82, 2.24) is 15.5 Å². The lowest BCUT2D eigenvalue weighted by atomic mass is 9.87. The molecule has 0 aromatic carbocycles. The second kappa shape index (κ2) is 3.61. The molecule has 1 saturated carbocycles. The van der Waals surface area contributed by atoms with Gasteiger partial charge in [0.2, 0.25) is 0 Å². The van der Waals surface area contributed by atoms with Crippen LogP contribution in [0.1, 0.15) is 47.9 Å². The molecular weight excluding hydrogens is 202 g/mol. The number of rotatable bonds is 2. The number of hydrogen-bond acceptors (Lipinski definition) is 2. The second-order valence-corrected chi connectivity index (χ2v) is 5.13. The molecule has 1 fully saturated rings. The summed E-state index contributed by atoms with van der Waals surface area (Å²) in [6.07, 6.45) is 5.45. The van der Waals surface area contributed by atoms with Crippen molar-refractivity contribution in [3.8, 4) is 0 Å². The average molecular weight is 219 g/mol. The molecule has 0 spiro atoms. The van der Waals surface area contributed by atoms with E-state index in [2.05, 4.69) is 22.4 Å². The van der Waals surface area contributed by atoms with Gasteiger partial charge < -0.3 is 5.32 Å². The van der Waals surface area contributed by atoms with E-state index in [0.29, 0.717) is 17.7 Å². The van der Waals surface area contributed by atoms with Crippen molar-refractivity contribution in [3.05, 3.63) is 17.0 Å². The zero-order valence-corrected chi connectivity index (χ0v) is 9.55. The fraction of sp³-hybridized carbons (Fsp3) is 0.667. The largest absolute Gasteiger partial charge is 0.348 e. The van der Waals surface area contributed by atoms with E-state index in [1.165, 1.54) is 12.1 Å².